The van der Waals surface area contributed by atoms with Crippen molar-refractivity contribution >= 4 is 34.2 Å². The third-order valence-corrected chi connectivity index (χ3v) is 4.67. The standard InChI is InChI=1S/C17H16FN3O4S/c1-25-13-3-2-10(8-11(13)18)12-9-26-17(19-12)20-14(22)6-7-21-15(23)4-5-16(21)24/h2-3,8-9H,4-7H2,1H3,(H,19,20,22). The lowest BCUT2D eigenvalue weighted by atomic mass is 10.1. The van der Waals surface area contributed by atoms with Crippen LogP contribution in [0.2, 0.25) is 0 Å². The first kappa shape index (κ1) is 18.0. The molecule has 1 aliphatic rings. The zero-order valence-corrected chi connectivity index (χ0v) is 14.8. The van der Waals surface area contributed by atoms with Gasteiger partial charge in [-0.3, -0.25) is 19.3 Å². The fourth-order valence-corrected chi connectivity index (χ4v) is 3.29. The highest BCUT2D eigenvalue weighted by atomic mass is 32.1. The summed E-state index contributed by atoms with van der Waals surface area (Å²) in [4.78, 5) is 40.4. The van der Waals surface area contributed by atoms with Gasteiger partial charge in [-0.1, -0.05) is 0 Å². The number of hydrogen-bond acceptors (Lipinski definition) is 6. The Labute approximate surface area is 152 Å². The summed E-state index contributed by atoms with van der Waals surface area (Å²) in [6, 6.07) is 4.49. The maximum absolute atomic E-state index is 13.8. The second-order valence-corrected chi connectivity index (χ2v) is 6.48. The number of aromatic nitrogens is 1. The largest absolute Gasteiger partial charge is 0.494 e. The van der Waals surface area contributed by atoms with E-state index in [9.17, 15) is 18.8 Å². The summed E-state index contributed by atoms with van der Waals surface area (Å²) in [5.41, 5.74) is 1.09. The molecule has 7 nitrogen and oxygen atoms in total. The molecule has 1 N–H and O–H groups in total. The van der Waals surface area contributed by atoms with E-state index in [0.717, 1.165) is 4.90 Å². The lowest BCUT2D eigenvalue weighted by Gasteiger charge is -2.12. The van der Waals surface area contributed by atoms with Crippen molar-refractivity contribution in [3.8, 4) is 17.0 Å². The quantitative estimate of drug-likeness (QED) is 0.781. The number of hydrogen-bond donors (Lipinski definition) is 1. The van der Waals surface area contributed by atoms with Gasteiger partial charge in [0.1, 0.15) is 0 Å². The number of benzene rings is 1. The number of amides is 3. The SMILES string of the molecule is COc1ccc(-c2csc(NC(=O)CCN3C(=O)CCC3=O)n2)cc1F. The normalized spacial score (nSPS) is 14.0. The van der Waals surface area contributed by atoms with Gasteiger partial charge in [-0.05, 0) is 18.2 Å². The van der Waals surface area contributed by atoms with Crippen molar-refractivity contribution in [2.24, 2.45) is 0 Å². The Kier molecular flexibility index (Phi) is 5.27. The highest BCUT2D eigenvalue weighted by Gasteiger charge is 2.28. The molecule has 0 aliphatic carbocycles. The predicted octanol–water partition coefficient (Wildman–Crippen LogP) is 2.44. The summed E-state index contributed by atoms with van der Waals surface area (Å²) in [7, 11) is 1.39. The van der Waals surface area contributed by atoms with E-state index in [1.54, 1.807) is 11.4 Å². The fourth-order valence-electron chi connectivity index (χ4n) is 2.56. The van der Waals surface area contributed by atoms with Gasteiger partial charge in [0.25, 0.3) is 0 Å². The summed E-state index contributed by atoms with van der Waals surface area (Å²) in [6.45, 7) is 0.0609. The van der Waals surface area contributed by atoms with Gasteiger partial charge < -0.3 is 10.1 Å². The number of carbonyl (C=O) groups is 3. The molecule has 9 heteroatoms. The zero-order chi connectivity index (χ0) is 18.7. The molecule has 1 fully saturated rings. The second-order valence-electron chi connectivity index (χ2n) is 5.62. The van der Waals surface area contributed by atoms with E-state index in [-0.39, 0.29) is 49.3 Å². The number of thiazole rings is 1. The van der Waals surface area contributed by atoms with Gasteiger partial charge in [0.2, 0.25) is 17.7 Å². The van der Waals surface area contributed by atoms with Crippen LogP contribution in [0.5, 0.6) is 5.75 Å². The number of likely N-dealkylation sites (tertiary alicyclic amines) is 1. The van der Waals surface area contributed by atoms with Crippen molar-refractivity contribution in [3.05, 3.63) is 29.4 Å². The maximum atomic E-state index is 13.8. The van der Waals surface area contributed by atoms with E-state index in [4.69, 9.17) is 4.74 Å². The summed E-state index contributed by atoms with van der Waals surface area (Å²) in [5.74, 6) is -1.20. The van der Waals surface area contributed by atoms with Crippen molar-refractivity contribution in [1.82, 2.24) is 9.88 Å². The molecule has 2 aromatic rings. The lowest BCUT2D eigenvalue weighted by molar-refractivity contribution is -0.138. The highest BCUT2D eigenvalue weighted by Crippen LogP contribution is 2.28. The molecule has 0 saturated carbocycles. The third-order valence-electron chi connectivity index (χ3n) is 3.92. The van der Waals surface area contributed by atoms with Crippen LogP contribution in [0.4, 0.5) is 9.52 Å². The summed E-state index contributed by atoms with van der Waals surface area (Å²) in [6.07, 6.45) is 0.410. The van der Waals surface area contributed by atoms with Crippen LogP contribution in [0.15, 0.2) is 23.6 Å². The number of ether oxygens (including phenoxy) is 1. The molecule has 0 atom stereocenters. The number of nitrogens with one attached hydrogen (secondary N) is 1. The van der Waals surface area contributed by atoms with Crippen molar-refractivity contribution in [3.63, 3.8) is 0 Å². The highest BCUT2D eigenvalue weighted by molar-refractivity contribution is 7.14. The molecule has 0 bridgehead atoms. The first-order valence-electron chi connectivity index (χ1n) is 7.90. The molecule has 1 aromatic carbocycles. The van der Waals surface area contributed by atoms with Crippen molar-refractivity contribution in [2.45, 2.75) is 19.3 Å². The Balaban J connectivity index is 1.59. The minimum absolute atomic E-state index is 0.00353. The lowest BCUT2D eigenvalue weighted by Crippen LogP contribution is -2.32. The number of nitrogens with zero attached hydrogens (tertiary/aromatic N) is 2. The van der Waals surface area contributed by atoms with Gasteiger partial charge in [0.05, 0.1) is 12.8 Å². The fraction of sp³-hybridized carbons (Fsp3) is 0.294. The van der Waals surface area contributed by atoms with E-state index < -0.39 is 5.82 Å². The van der Waals surface area contributed by atoms with Gasteiger partial charge >= 0.3 is 0 Å². The molecule has 0 unspecified atom stereocenters. The Morgan fingerprint density at radius 2 is 2.08 bits per heavy atom. The van der Waals surface area contributed by atoms with E-state index in [1.165, 1.54) is 30.6 Å². The molecule has 2 heterocycles. The Morgan fingerprint density at radius 3 is 2.73 bits per heavy atom. The molecule has 3 amide bonds. The molecule has 26 heavy (non-hydrogen) atoms. The Hall–Kier alpha value is -2.81. The van der Waals surface area contributed by atoms with Crippen LogP contribution in [0.25, 0.3) is 11.3 Å². The number of halogens is 1. The van der Waals surface area contributed by atoms with E-state index in [0.29, 0.717) is 16.4 Å². The first-order valence-corrected chi connectivity index (χ1v) is 8.78. The molecule has 3 rings (SSSR count). The number of methoxy groups -OCH3 is 1. The summed E-state index contributed by atoms with van der Waals surface area (Å²) < 4.78 is 18.7. The number of anilines is 1. The molecule has 1 aromatic heterocycles. The van der Waals surface area contributed by atoms with Crippen LogP contribution in [-0.4, -0.2) is 41.3 Å². The van der Waals surface area contributed by atoms with Crippen LogP contribution in [0.1, 0.15) is 19.3 Å². The molecule has 1 saturated heterocycles. The van der Waals surface area contributed by atoms with Crippen LogP contribution in [0.3, 0.4) is 0 Å². The maximum Gasteiger partial charge on any atom is 0.229 e. The predicted molar refractivity (Wildman–Crippen MR) is 93.3 cm³/mol. The van der Waals surface area contributed by atoms with E-state index in [2.05, 4.69) is 10.3 Å². The smallest absolute Gasteiger partial charge is 0.229 e. The Bertz CT molecular complexity index is 851. The monoisotopic (exact) mass is 377 g/mol. The van der Waals surface area contributed by atoms with Crippen LogP contribution < -0.4 is 10.1 Å². The average Bonchev–Trinajstić information content (AvgIpc) is 3.20. The molecule has 0 radical (unpaired) electrons. The average molecular weight is 377 g/mol. The number of carbonyl (C=O) groups excluding carboxylic acids is 3. The first-order chi connectivity index (χ1) is 12.5. The van der Waals surface area contributed by atoms with Gasteiger partial charge in [-0.25, -0.2) is 9.37 Å². The van der Waals surface area contributed by atoms with Gasteiger partial charge in [0, 0.05) is 36.8 Å². The minimum Gasteiger partial charge on any atom is -0.494 e. The van der Waals surface area contributed by atoms with Crippen molar-refractivity contribution in [2.75, 3.05) is 19.0 Å². The molecular weight excluding hydrogens is 361 g/mol. The minimum atomic E-state index is -0.497. The molecule has 136 valence electrons. The zero-order valence-electron chi connectivity index (χ0n) is 14.0. The van der Waals surface area contributed by atoms with Gasteiger partial charge in [-0.2, -0.15) is 0 Å². The van der Waals surface area contributed by atoms with Crippen molar-refractivity contribution in [1.29, 1.82) is 0 Å². The van der Waals surface area contributed by atoms with E-state index >= 15 is 0 Å². The van der Waals surface area contributed by atoms with Crippen LogP contribution in [0, 0.1) is 5.82 Å². The summed E-state index contributed by atoms with van der Waals surface area (Å²) >= 11 is 1.20. The topological polar surface area (TPSA) is 88.6 Å². The Morgan fingerprint density at radius 1 is 1.35 bits per heavy atom. The number of rotatable bonds is 6. The molecule has 0 spiro atoms. The summed E-state index contributed by atoms with van der Waals surface area (Å²) in [5, 5.41) is 4.68. The number of imide groups is 1. The molecule has 1 aliphatic heterocycles. The van der Waals surface area contributed by atoms with Crippen molar-refractivity contribution < 1.29 is 23.5 Å². The van der Waals surface area contributed by atoms with Crippen LogP contribution >= 0.6 is 11.3 Å². The van der Waals surface area contributed by atoms with Gasteiger partial charge in [0.15, 0.2) is 16.7 Å². The molecular formula is C17H16FN3O4S. The van der Waals surface area contributed by atoms with Gasteiger partial charge in [-0.15, -0.1) is 11.3 Å². The van der Waals surface area contributed by atoms with Crippen LogP contribution in [-0.2, 0) is 14.4 Å². The third kappa shape index (κ3) is 3.88. The second kappa shape index (κ2) is 7.61. The van der Waals surface area contributed by atoms with E-state index in [1.807, 2.05) is 0 Å².